The van der Waals surface area contributed by atoms with Crippen LogP contribution in [0, 0.1) is 5.92 Å². The second-order valence-electron chi connectivity index (χ2n) is 5.42. The smallest absolute Gasteiger partial charge is 0.0726 e. The van der Waals surface area contributed by atoms with E-state index < -0.39 is 0 Å². The van der Waals surface area contributed by atoms with Crippen LogP contribution in [0.3, 0.4) is 0 Å². The summed E-state index contributed by atoms with van der Waals surface area (Å²) >= 11 is 0. The van der Waals surface area contributed by atoms with Crippen LogP contribution in [-0.2, 0) is 0 Å². The number of hydrogen-bond acceptors (Lipinski definition) is 2. The summed E-state index contributed by atoms with van der Waals surface area (Å²) in [5.41, 5.74) is -0.0217. The van der Waals surface area contributed by atoms with Crippen molar-refractivity contribution in [3.8, 4) is 0 Å². The van der Waals surface area contributed by atoms with Crippen LogP contribution in [0.25, 0.3) is 0 Å². The van der Waals surface area contributed by atoms with Gasteiger partial charge in [-0.2, -0.15) is 0 Å². The highest BCUT2D eigenvalue weighted by atomic mass is 16.3. The first-order chi connectivity index (χ1) is 8.55. The maximum Gasteiger partial charge on any atom is 0.0726 e. The molecule has 0 aliphatic rings. The number of aliphatic hydroxyl groups is 1. The minimum atomic E-state index is -0.197. The quantitative estimate of drug-likeness (QED) is 0.637. The molecule has 0 fully saturated rings. The van der Waals surface area contributed by atoms with Gasteiger partial charge in [-0.1, -0.05) is 54.4 Å². The van der Waals surface area contributed by atoms with Crippen LogP contribution >= 0.6 is 0 Å². The summed E-state index contributed by atoms with van der Waals surface area (Å²) in [6.45, 7) is 15.4. The van der Waals surface area contributed by atoms with Crippen molar-refractivity contribution in [2.45, 2.75) is 85.3 Å². The molecule has 0 amide bonds. The second-order valence-corrected chi connectivity index (χ2v) is 5.42. The van der Waals surface area contributed by atoms with E-state index in [4.69, 9.17) is 0 Å². The van der Waals surface area contributed by atoms with Gasteiger partial charge in [-0.3, -0.25) is 4.90 Å². The van der Waals surface area contributed by atoms with Gasteiger partial charge in [0, 0.05) is 5.54 Å². The van der Waals surface area contributed by atoms with E-state index >= 15 is 0 Å². The van der Waals surface area contributed by atoms with Gasteiger partial charge in [0.1, 0.15) is 0 Å². The van der Waals surface area contributed by atoms with E-state index in [-0.39, 0.29) is 11.6 Å². The van der Waals surface area contributed by atoms with Crippen LogP contribution in [0.1, 0.15) is 73.6 Å². The first kappa shape index (κ1) is 17.9. The molecule has 0 rings (SSSR count). The Morgan fingerprint density at radius 3 is 1.61 bits per heavy atom. The average Bonchev–Trinajstić information content (AvgIpc) is 2.41. The lowest BCUT2D eigenvalue weighted by Gasteiger charge is -2.46. The van der Waals surface area contributed by atoms with Gasteiger partial charge in [-0.15, -0.1) is 0 Å². The van der Waals surface area contributed by atoms with E-state index in [1.54, 1.807) is 0 Å². The molecule has 0 aromatic carbocycles. The Balaban J connectivity index is 4.95. The van der Waals surface area contributed by atoms with Crippen molar-refractivity contribution in [3.05, 3.63) is 0 Å². The molecular weight excluding hydrogens is 222 g/mol. The molecule has 1 atom stereocenters. The van der Waals surface area contributed by atoms with Crippen LogP contribution < -0.4 is 0 Å². The van der Waals surface area contributed by atoms with Gasteiger partial charge >= 0.3 is 0 Å². The van der Waals surface area contributed by atoms with E-state index in [1.165, 1.54) is 12.8 Å². The van der Waals surface area contributed by atoms with Crippen LogP contribution in [0.15, 0.2) is 0 Å². The highest BCUT2D eigenvalue weighted by Gasteiger charge is 2.39. The first-order valence-corrected chi connectivity index (χ1v) is 7.99. The van der Waals surface area contributed by atoms with Crippen molar-refractivity contribution in [2.24, 2.45) is 5.92 Å². The Morgan fingerprint density at radius 2 is 1.33 bits per heavy atom. The fourth-order valence-corrected chi connectivity index (χ4v) is 3.39. The molecule has 110 valence electrons. The molecule has 0 saturated carbocycles. The summed E-state index contributed by atoms with van der Waals surface area (Å²) in [5, 5.41) is 10.8. The van der Waals surface area contributed by atoms with Crippen LogP contribution in [0.5, 0.6) is 0 Å². The summed E-state index contributed by atoms with van der Waals surface area (Å²) in [7, 11) is 0. The Labute approximate surface area is 115 Å². The fourth-order valence-electron chi connectivity index (χ4n) is 3.39. The Morgan fingerprint density at radius 1 is 0.889 bits per heavy atom. The van der Waals surface area contributed by atoms with E-state index in [0.29, 0.717) is 5.92 Å². The number of likely N-dealkylation sites (N-methyl/N-ethyl adjacent to an activating group) is 1. The van der Waals surface area contributed by atoms with Crippen LogP contribution in [0.4, 0.5) is 0 Å². The normalized spacial score (nSPS) is 14.5. The Kier molecular flexibility index (Phi) is 8.89. The first-order valence-electron chi connectivity index (χ1n) is 7.99. The molecule has 0 aliphatic heterocycles. The Hall–Kier alpha value is -0.0800. The lowest BCUT2D eigenvalue weighted by atomic mass is 9.79. The molecule has 1 unspecified atom stereocenters. The molecule has 0 heterocycles. The zero-order valence-electron chi connectivity index (χ0n) is 13.5. The van der Waals surface area contributed by atoms with Gasteiger partial charge in [0.2, 0.25) is 0 Å². The van der Waals surface area contributed by atoms with Gasteiger partial charge in [-0.05, 0) is 38.3 Å². The SMILES string of the molecule is CCC(CC)CC(O)C(CC)(CC)N(CC)CC. The molecule has 0 radical (unpaired) electrons. The molecule has 1 N–H and O–H groups in total. The fraction of sp³-hybridized carbons (Fsp3) is 1.00. The summed E-state index contributed by atoms with van der Waals surface area (Å²) in [4.78, 5) is 2.46. The molecule has 0 aromatic heterocycles. The highest BCUT2D eigenvalue weighted by Crippen LogP contribution is 2.32. The summed E-state index contributed by atoms with van der Waals surface area (Å²) in [6, 6.07) is 0. The van der Waals surface area contributed by atoms with Crippen LogP contribution in [-0.4, -0.2) is 34.7 Å². The maximum atomic E-state index is 10.8. The highest BCUT2D eigenvalue weighted by molar-refractivity contribution is 4.95. The molecule has 2 nitrogen and oxygen atoms in total. The van der Waals surface area contributed by atoms with E-state index in [1.807, 2.05) is 0 Å². The van der Waals surface area contributed by atoms with Gasteiger partial charge in [-0.25, -0.2) is 0 Å². The molecule has 2 heteroatoms. The van der Waals surface area contributed by atoms with Crippen molar-refractivity contribution in [2.75, 3.05) is 13.1 Å². The minimum absolute atomic E-state index is 0.0217. The Bertz CT molecular complexity index is 193. The molecule has 0 bridgehead atoms. The summed E-state index contributed by atoms with van der Waals surface area (Å²) in [6.07, 6.45) is 5.17. The lowest BCUT2D eigenvalue weighted by molar-refractivity contribution is -0.0461. The van der Waals surface area contributed by atoms with Crippen molar-refractivity contribution < 1.29 is 5.11 Å². The average molecular weight is 257 g/mol. The van der Waals surface area contributed by atoms with Crippen LogP contribution in [0.2, 0.25) is 0 Å². The predicted molar refractivity (Wildman–Crippen MR) is 80.9 cm³/mol. The molecule has 18 heavy (non-hydrogen) atoms. The maximum absolute atomic E-state index is 10.8. The molecular formula is C16H35NO. The number of nitrogens with zero attached hydrogens (tertiary/aromatic N) is 1. The molecule has 0 aliphatic carbocycles. The lowest BCUT2D eigenvalue weighted by Crippen LogP contribution is -2.56. The van der Waals surface area contributed by atoms with Gasteiger partial charge < -0.3 is 5.11 Å². The van der Waals surface area contributed by atoms with Gasteiger partial charge in [0.25, 0.3) is 0 Å². The third-order valence-corrected chi connectivity index (χ3v) is 4.95. The number of hydrogen-bond donors (Lipinski definition) is 1. The second kappa shape index (κ2) is 8.92. The topological polar surface area (TPSA) is 23.5 Å². The van der Waals surface area contributed by atoms with Crippen molar-refractivity contribution in [1.82, 2.24) is 4.90 Å². The monoisotopic (exact) mass is 257 g/mol. The van der Waals surface area contributed by atoms with E-state index in [9.17, 15) is 5.11 Å². The third kappa shape index (κ3) is 3.96. The van der Waals surface area contributed by atoms with Crippen molar-refractivity contribution in [1.29, 1.82) is 0 Å². The zero-order valence-corrected chi connectivity index (χ0v) is 13.5. The minimum Gasteiger partial charge on any atom is -0.391 e. The largest absolute Gasteiger partial charge is 0.391 e. The third-order valence-electron chi connectivity index (χ3n) is 4.95. The standard InChI is InChI=1S/C16H35NO/c1-7-14(8-2)13-15(18)16(9-3,10-4)17(11-5)12-6/h14-15,18H,7-13H2,1-6H3. The van der Waals surface area contributed by atoms with Gasteiger partial charge in [0.15, 0.2) is 0 Å². The predicted octanol–water partition coefficient (Wildman–Crippen LogP) is 4.07. The van der Waals surface area contributed by atoms with E-state index in [2.05, 4.69) is 46.4 Å². The molecule has 0 spiro atoms. The zero-order chi connectivity index (χ0) is 14.2. The summed E-state index contributed by atoms with van der Waals surface area (Å²) in [5.74, 6) is 0.660. The summed E-state index contributed by atoms with van der Waals surface area (Å²) < 4.78 is 0. The molecule has 0 saturated heterocycles. The van der Waals surface area contributed by atoms with E-state index in [0.717, 1.165) is 32.4 Å². The number of aliphatic hydroxyl groups excluding tert-OH is 1. The van der Waals surface area contributed by atoms with Crippen molar-refractivity contribution in [3.63, 3.8) is 0 Å². The number of rotatable bonds is 10. The molecule has 0 aromatic rings. The van der Waals surface area contributed by atoms with Crippen molar-refractivity contribution >= 4 is 0 Å². The van der Waals surface area contributed by atoms with Gasteiger partial charge in [0.05, 0.1) is 6.10 Å².